The Morgan fingerprint density at radius 3 is 3.14 bits per heavy atom. The molecule has 1 aliphatic heterocycles. The Hall–Kier alpha value is -1.90. The maximum absolute atomic E-state index is 5.57. The van der Waals surface area contributed by atoms with Gasteiger partial charge in [0.05, 0.1) is 5.69 Å². The lowest BCUT2D eigenvalue weighted by Gasteiger charge is -2.18. The number of nitrogens with zero attached hydrogens (tertiary/aromatic N) is 2. The smallest absolute Gasteiger partial charge is 0.129 e. The molecular weight excluding hydrogens is 176 g/mol. The van der Waals surface area contributed by atoms with E-state index in [1.807, 2.05) is 24.3 Å². The molecule has 0 fully saturated rings. The van der Waals surface area contributed by atoms with Crippen LogP contribution in [0.1, 0.15) is 5.56 Å². The first-order valence-corrected chi connectivity index (χ1v) is 4.46. The highest BCUT2D eigenvalue weighted by Gasteiger charge is 2.17. The van der Waals surface area contributed by atoms with Crippen LogP contribution in [0.5, 0.6) is 5.75 Å². The first kappa shape index (κ1) is 7.50. The highest BCUT2D eigenvalue weighted by atomic mass is 16.5. The third kappa shape index (κ3) is 0.988. The molecule has 0 spiro atoms. The minimum Gasteiger partial charge on any atom is -0.488 e. The van der Waals surface area contributed by atoms with Gasteiger partial charge in [-0.3, -0.25) is 0 Å². The van der Waals surface area contributed by atoms with Gasteiger partial charge in [-0.2, -0.15) is 0 Å². The van der Waals surface area contributed by atoms with Crippen molar-refractivity contribution >= 4 is 0 Å². The van der Waals surface area contributed by atoms with Crippen molar-refractivity contribution in [3.05, 3.63) is 42.4 Å². The lowest BCUT2D eigenvalue weighted by Crippen LogP contribution is -2.07. The van der Waals surface area contributed by atoms with Crippen molar-refractivity contribution in [2.75, 3.05) is 0 Å². The highest BCUT2D eigenvalue weighted by molar-refractivity contribution is 5.70. The van der Waals surface area contributed by atoms with Crippen molar-refractivity contribution < 1.29 is 4.74 Å². The van der Waals surface area contributed by atoms with Gasteiger partial charge in [0.25, 0.3) is 0 Å². The maximum Gasteiger partial charge on any atom is 0.129 e. The van der Waals surface area contributed by atoms with E-state index in [1.165, 1.54) is 0 Å². The van der Waals surface area contributed by atoms with Crippen molar-refractivity contribution in [1.29, 1.82) is 0 Å². The Bertz CT molecular complexity index is 437. The van der Waals surface area contributed by atoms with Gasteiger partial charge in [-0.15, -0.1) is 0 Å². The molecule has 0 N–H and O–H groups in total. The molecule has 68 valence electrons. The number of benzene rings is 1. The second-order valence-corrected chi connectivity index (χ2v) is 3.18. The summed E-state index contributed by atoms with van der Waals surface area (Å²) in [6.45, 7) is 0.563. The first-order valence-electron chi connectivity index (χ1n) is 4.46. The van der Waals surface area contributed by atoms with E-state index in [-0.39, 0.29) is 0 Å². The zero-order chi connectivity index (χ0) is 9.38. The molecule has 0 saturated heterocycles. The van der Waals surface area contributed by atoms with Crippen LogP contribution in [-0.4, -0.2) is 9.97 Å². The van der Waals surface area contributed by atoms with Crippen molar-refractivity contribution in [3.8, 4) is 17.0 Å². The molecule has 0 radical (unpaired) electrons. The van der Waals surface area contributed by atoms with E-state index < -0.39 is 0 Å². The second kappa shape index (κ2) is 2.80. The molecule has 3 nitrogen and oxygen atoms in total. The fourth-order valence-electron chi connectivity index (χ4n) is 1.65. The van der Waals surface area contributed by atoms with Crippen molar-refractivity contribution in [2.45, 2.75) is 6.61 Å². The van der Waals surface area contributed by atoms with E-state index in [0.29, 0.717) is 6.61 Å². The number of fused-ring (bicyclic) bond motifs is 3. The van der Waals surface area contributed by atoms with Gasteiger partial charge in [0, 0.05) is 17.3 Å². The monoisotopic (exact) mass is 184 g/mol. The van der Waals surface area contributed by atoms with Crippen molar-refractivity contribution in [3.63, 3.8) is 0 Å². The fraction of sp³-hybridized carbons (Fsp3) is 0.0909. The van der Waals surface area contributed by atoms with Gasteiger partial charge < -0.3 is 4.74 Å². The number of rotatable bonds is 0. The van der Waals surface area contributed by atoms with Crippen LogP contribution in [0.3, 0.4) is 0 Å². The Balaban J connectivity index is 2.29. The van der Waals surface area contributed by atoms with Crippen LogP contribution in [0.2, 0.25) is 0 Å². The third-order valence-corrected chi connectivity index (χ3v) is 2.31. The van der Waals surface area contributed by atoms with Crippen LogP contribution >= 0.6 is 0 Å². The van der Waals surface area contributed by atoms with Gasteiger partial charge in [-0.1, -0.05) is 12.1 Å². The van der Waals surface area contributed by atoms with Gasteiger partial charge in [0.2, 0.25) is 0 Å². The predicted molar refractivity (Wildman–Crippen MR) is 51.8 cm³/mol. The summed E-state index contributed by atoms with van der Waals surface area (Å²) in [4.78, 5) is 8.25. The molecule has 3 rings (SSSR count). The zero-order valence-electron chi connectivity index (χ0n) is 7.47. The lowest BCUT2D eigenvalue weighted by molar-refractivity contribution is 0.301. The molecule has 14 heavy (non-hydrogen) atoms. The van der Waals surface area contributed by atoms with Crippen LogP contribution < -0.4 is 4.74 Å². The molecule has 0 bridgehead atoms. The van der Waals surface area contributed by atoms with Crippen LogP contribution in [0, 0.1) is 0 Å². The van der Waals surface area contributed by atoms with Gasteiger partial charge >= 0.3 is 0 Å². The average molecular weight is 184 g/mol. The molecule has 0 aliphatic carbocycles. The molecule has 2 heterocycles. The van der Waals surface area contributed by atoms with Gasteiger partial charge in [-0.25, -0.2) is 9.97 Å². The normalized spacial score (nSPS) is 12.6. The summed E-state index contributed by atoms with van der Waals surface area (Å²) < 4.78 is 5.57. The Morgan fingerprint density at radius 2 is 2.14 bits per heavy atom. The van der Waals surface area contributed by atoms with Gasteiger partial charge in [0.15, 0.2) is 0 Å². The number of para-hydroxylation sites is 1. The molecule has 3 heteroatoms. The fourth-order valence-corrected chi connectivity index (χ4v) is 1.65. The summed E-state index contributed by atoms with van der Waals surface area (Å²) in [7, 11) is 0. The molecular formula is C11H8N2O. The predicted octanol–water partition coefficient (Wildman–Crippen LogP) is 2.04. The summed E-state index contributed by atoms with van der Waals surface area (Å²) in [6, 6.07) is 7.92. The summed E-state index contributed by atoms with van der Waals surface area (Å²) in [5.41, 5.74) is 3.09. The minimum atomic E-state index is 0.563. The summed E-state index contributed by atoms with van der Waals surface area (Å²) in [6.07, 6.45) is 3.37. The van der Waals surface area contributed by atoms with E-state index in [0.717, 1.165) is 22.6 Å². The van der Waals surface area contributed by atoms with Crippen LogP contribution in [0.4, 0.5) is 0 Å². The number of hydrogen-bond acceptors (Lipinski definition) is 3. The molecule has 2 aromatic rings. The molecule has 0 amide bonds. The van der Waals surface area contributed by atoms with Crippen LogP contribution in [0.25, 0.3) is 11.3 Å². The minimum absolute atomic E-state index is 0.563. The summed E-state index contributed by atoms with van der Waals surface area (Å²) in [5, 5.41) is 0. The quantitative estimate of drug-likeness (QED) is 0.628. The lowest BCUT2D eigenvalue weighted by atomic mass is 10.0. The largest absolute Gasteiger partial charge is 0.488 e. The molecule has 1 aromatic heterocycles. The number of hydrogen-bond donors (Lipinski definition) is 0. The number of ether oxygens (including phenoxy) is 1. The second-order valence-electron chi connectivity index (χ2n) is 3.18. The first-order chi connectivity index (χ1) is 6.95. The Kier molecular flexibility index (Phi) is 1.50. The van der Waals surface area contributed by atoms with E-state index in [9.17, 15) is 0 Å². The molecule has 0 saturated carbocycles. The third-order valence-electron chi connectivity index (χ3n) is 2.31. The number of aromatic nitrogens is 2. The standard InChI is InChI=1S/C11H8N2O/c1-2-4-10-9(3-1)11-8(6-14-10)5-12-7-13-11/h1-5,7H,6H2. The zero-order valence-corrected chi connectivity index (χ0v) is 7.47. The SMILES string of the molecule is c1ccc2c(c1)OCc1cncnc1-2. The van der Waals surface area contributed by atoms with Gasteiger partial charge in [-0.05, 0) is 12.1 Å². The molecule has 1 aromatic carbocycles. The Morgan fingerprint density at radius 1 is 1.21 bits per heavy atom. The van der Waals surface area contributed by atoms with E-state index in [2.05, 4.69) is 9.97 Å². The van der Waals surface area contributed by atoms with Crippen LogP contribution in [0.15, 0.2) is 36.8 Å². The van der Waals surface area contributed by atoms with E-state index in [4.69, 9.17) is 4.74 Å². The average Bonchev–Trinajstić information content (AvgIpc) is 2.29. The van der Waals surface area contributed by atoms with Gasteiger partial charge in [0.1, 0.15) is 18.7 Å². The van der Waals surface area contributed by atoms with E-state index in [1.54, 1.807) is 12.5 Å². The molecule has 0 atom stereocenters. The van der Waals surface area contributed by atoms with Crippen molar-refractivity contribution in [2.24, 2.45) is 0 Å². The topological polar surface area (TPSA) is 35.0 Å². The van der Waals surface area contributed by atoms with Crippen molar-refractivity contribution in [1.82, 2.24) is 9.97 Å². The van der Waals surface area contributed by atoms with E-state index >= 15 is 0 Å². The van der Waals surface area contributed by atoms with Crippen LogP contribution in [-0.2, 0) is 6.61 Å². The molecule has 1 aliphatic rings. The highest BCUT2D eigenvalue weighted by Crippen LogP contribution is 2.34. The summed E-state index contributed by atoms with van der Waals surface area (Å²) in [5.74, 6) is 0.902. The summed E-state index contributed by atoms with van der Waals surface area (Å²) >= 11 is 0. The maximum atomic E-state index is 5.57. The Labute approximate surface area is 81.4 Å². The molecule has 0 unspecified atom stereocenters.